The fraction of sp³-hybridized carbons (Fsp3) is 0.353. The maximum Gasteiger partial charge on any atom is 0.263 e. The highest BCUT2D eigenvalue weighted by Crippen LogP contribution is 2.27. The van der Waals surface area contributed by atoms with E-state index in [1.807, 2.05) is 27.1 Å². The molecule has 2 atom stereocenters. The molecule has 2 N–H and O–H groups in total. The maximum atomic E-state index is 12.5. The average Bonchev–Trinajstić information content (AvgIpc) is 3.27. The summed E-state index contributed by atoms with van der Waals surface area (Å²) >= 11 is 1.34. The van der Waals surface area contributed by atoms with E-state index >= 15 is 0 Å². The van der Waals surface area contributed by atoms with Crippen LogP contribution in [0.25, 0.3) is 10.6 Å². The molecule has 1 amide bonds. The molecule has 25 heavy (non-hydrogen) atoms. The third kappa shape index (κ3) is 3.97. The van der Waals surface area contributed by atoms with Gasteiger partial charge in [-0.1, -0.05) is 0 Å². The molecule has 0 radical (unpaired) electrons. The van der Waals surface area contributed by atoms with E-state index in [0.717, 1.165) is 10.6 Å². The highest BCUT2D eigenvalue weighted by Gasteiger charge is 2.21. The highest BCUT2D eigenvalue weighted by molar-refractivity contribution is 7.17. The van der Waals surface area contributed by atoms with Gasteiger partial charge >= 0.3 is 0 Å². The number of nitrogens with zero attached hydrogens (tertiary/aromatic N) is 3. The van der Waals surface area contributed by atoms with Crippen molar-refractivity contribution in [2.75, 3.05) is 0 Å². The van der Waals surface area contributed by atoms with Crippen molar-refractivity contribution in [3.8, 4) is 10.6 Å². The molecule has 132 valence electrons. The van der Waals surface area contributed by atoms with Gasteiger partial charge in [-0.2, -0.15) is 5.10 Å². The zero-order valence-corrected chi connectivity index (χ0v) is 15.1. The zero-order chi connectivity index (χ0) is 18.0. The molecule has 3 aromatic rings. The predicted octanol–water partition coefficient (Wildman–Crippen LogP) is 2.69. The van der Waals surface area contributed by atoms with Gasteiger partial charge in [0.15, 0.2) is 0 Å². The topological polar surface area (TPSA) is 93.2 Å². The molecule has 2 unspecified atom stereocenters. The molecule has 0 aromatic carbocycles. The van der Waals surface area contributed by atoms with Gasteiger partial charge in [0.1, 0.15) is 21.7 Å². The van der Waals surface area contributed by atoms with Gasteiger partial charge in [0.05, 0.1) is 18.2 Å². The van der Waals surface area contributed by atoms with E-state index in [-0.39, 0.29) is 11.9 Å². The fourth-order valence-corrected chi connectivity index (χ4v) is 3.49. The van der Waals surface area contributed by atoms with Crippen molar-refractivity contribution in [2.45, 2.75) is 32.4 Å². The molecule has 0 aliphatic carbocycles. The van der Waals surface area contributed by atoms with E-state index in [1.165, 1.54) is 17.6 Å². The second-order valence-corrected chi connectivity index (χ2v) is 6.98. The van der Waals surface area contributed by atoms with Crippen LogP contribution in [0, 0.1) is 6.92 Å². The van der Waals surface area contributed by atoms with Crippen molar-refractivity contribution in [2.24, 2.45) is 7.05 Å². The highest BCUT2D eigenvalue weighted by atomic mass is 32.1. The average molecular weight is 360 g/mol. The number of aryl methyl sites for hydroxylation is 2. The molecule has 8 heteroatoms. The Bertz CT molecular complexity index is 853. The van der Waals surface area contributed by atoms with Crippen LogP contribution in [0.15, 0.2) is 35.2 Å². The van der Waals surface area contributed by atoms with Gasteiger partial charge in [0.2, 0.25) is 0 Å². The predicted molar refractivity (Wildman–Crippen MR) is 94.3 cm³/mol. The van der Waals surface area contributed by atoms with E-state index in [4.69, 9.17) is 4.42 Å². The van der Waals surface area contributed by atoms with Crippen molar-refractivity contribution in [1.82, 2.24) is 20.1 Å². The first-order valence-corrected chi connectivity index (χ1v) is 8.74. The Balaban J connectivity index is 1.66. The number of aliphatic hydroxyl groups excluding tert-OH is 1. The Morgan fingerprint density at radius 2 is 2.32 bits per heavy atom. The van der Waals surface area contributed by atoms with Crippen molar-refractivity contribution >= 4 is 17.2 Å². The molecule has 3 heterocycles. The molecule has 3 aromatic heterocycles. The Kier molecular flexibility index (Phi) is 5.00. The monoisotopic (exact) mass is 360 g/mol. The normalized spacial score (nSPS) is 13.6. The Morgan fingerprint density at radius 1 is 1.52 bits per heavy atom. The van der Waals surface area contributed by atoms with Crippen LogP contribution in [-0.4, -0.2) is 31.8 Å². The lowest BCUT2D eigenvalue weighted by Crippen LogP contribution is -2.33. The van der Waals surface area contributed by atoms with E-state index in [2.05, 4.69) is 15.4 Å². The number of amides is 1. The number of aromatic nitrogens is 3. The number of rotatable bonds is 6. The standard InChI is InChI=1S/C17H20N4O3S/c1-10(7-13(22)14-5-4-6-24-14)19-16(23)15-11(2)20-17(25-15)12-8-18-21(3)9-12/h4-6,8-10,13,22H,7H2,1-3H3,(H,19,23). The van der Waals surface area contributed by atoms with Crippen molar-refractivity contribution in [3.63, 3.8) is 0 Å². The molecule has 0 saturated heterocycles. The number of aliphatic hydroxyl groups is 1. The second kappa shape index (κ2) is 7.20. The van der Waals surface area contributed by atoms with Crippen molar-refractivity contribution in [1.29, 1.82) is 0 Å². The van der Waals surface area contributed by atoms with Crippen LogP contribution in [0.5, 0.6) is 0 Å². The molecular weight excluding hydrogens is 340 g/mol. The van der Waals surface area contributed by atoms with Gasteiger partial charge in [-0.15, -0.1) is 11.3 Å². The molecule has 0 aliphatic heterocycles. The van der Waals surface area contributed by atoms with E-state index in [1.54, 1.807) is 23.0 Å². The minimum atomic E-state index is -0.751. The van der Waals surface area contributed by atoms with E-state index < -0.39 is 6.10 Å². The summed E-state index contributed by atoms with van der Waals surface area (Å²) in [5.41, 5.74) is 1.57. The summed E-state index contributed by atoms with van der Waals surface area (Å²) in [7, 11) is 1.84. The van der Waals surface area contributed by atoms with E-state index in [0.29, 0.717) is 22.8 Å². The van der Waals surface area contributed by atoms with Gasteiger partial charge < -0.3 is 14.8 Å². The van der Waals surface area contributed by atoms with Crippen LogP contribution in [-0.2, 0) is 7.05 Å². The van der Waals surface area contributed by atoms with Gasteiger partial charge in [-0.3, -0.25) is 9.48 Å². The minimum Gasteiger partial charge on any atom is -0.467 e. The Labute approximate surface area is 149 Å². The molecule has 7 nitrogen and oxygen atoms in total. The van der Waals surface area contributed by atoms with Crippen LogP contribution in [0.4, 0.5) is 0 Å². The zero-order valence-electron chi connectivity index (χ0n) is 14.3. The van der Waals surface area contributed by atoms with Crippen LogP contribution in [0.3, 0.4) is 0 Å². The number of carbonyl (C=O) groups is 1. The maximum absolute atomic E-state index is 12.5. The summed E-state index contributed by atoms with van der Waals surface area (Å²) in [6.07, 6.45) is 4.72. The summed E-state index contributed by atoms with van der Waals surface area (Å²) in [5, 5.41) is 17.9. The third-order valence-corrected chi connectivity index (χ3v) is 4.99. The largest absolute Gasteiger partial charge is 0.467 e. The summed E-state index contributed by atoms with van der Waals surface area (Å²) < 4.78 is 6.88. The first-order valence-electron chi connectivity index (χ1n) is 7.93. The summed E-state index contributed by atoms with van der Waals surface area (Å²) in [6, 6.07) is 3.23. The lowest BCUT2D eigenvalue weighted by molar-refractivity contribution is 0.0906. The number of furan rings is 1. The summed E-state index contributed by atoms with van der Waals surface area (Å²) in [4.78, 5) is 17.6. The van der Waals surface area contributed by atoms with E-state index in [9.17, 15) is 9.90 Å². The van der Waals surface area contributed by atoms with Gasteiger partial charge in [0.25, 0.3) is 5.91 Å². The van der Waals surface area contributed by atoms with Gasteiger partial charge in [-0.05, 0) is 26.0 Å². The lowest BCUT2D eigenvalue weighted by Gasteiger charge is -2.16. The van der Waals surface area contributed by atoms with Crippen molar-refractivity contribution < 1.29 is 14.3 Å². The number of thiazole rings is 1. The van der Waals surface area contributed by atoms with Gasteiger partial charge in [-0.25, -0.2) is 4.98 Å². The fourth-order valence-electron chi connectivity index (χ4n) is 2.54. The smallest absolute Gasteiger partial charge is 0.263 e. The summed E-state index contributed by atoms with van der Waals surface area (Å²) in [5.74, 6) is 0.304. The molecule has 0 aliphatic rings. The number of hydrogen-bond acceptors (Lipinski definition) is 6. The molecule has 0 spiro atoms. The van der Waals surface area contributed by atoms with Crippen LogP contribution >= 0.6 is 11.3 Å². The van der Waals surface area contributed by atoms with Crippen LogP contribution in [0.2, 0.25) is 0 Å². The van der Waals surface area contributed by atoms with Crippen LogP contribution in [0.1, 0.15) is 40.6 Å². The quantitative estimate of drug-likeness (QED) is 0.705. The van der Waals surface area contributed by atoms with Crippen LogP contribution < -0.4 is 5.32 Å². The minimum absolute atomic E-state index is 0.190. The molecule has 0 fully saturated rings. The van der Waals surface area contributed by atoms with Crippen molar-refractivity contribution in [3.05, 3.63) is 47.1 Å². The molecular formula is C17H20N4O3S. The molecule has 0 saturated carbocycles. The first kappa shape index (κ1) is 17.4. The molecule has 0 bridgehead atoms. The lowest BCUT2D eigenvalue weighted by atomic mass is 10.1. The Hall–Kier alpha value is -2.45. The number of carbonyl (C=O) groups excluding carboxylic acids is 1. The SMILES string of the molecule is Cc1nc(-c2cnn(C)c2)sc1C(=O)NC(C)CC(O)c1ccco1. The van der Waals surface area contributed by atoms with Gasteiger partial charge in [0, 0.05) is 31.3 Å². The molecule has 3 rings (SSSR count). The second-order valence-electron chi connectivity index (χ2n) is 5.98. The summed E-state index contributed by atoms with van der Waals surface area (Å²) in [6.45, 7) is 3.66. The number of nitrogens with one attached hydrogen (secondary N) is 1. The number of hydrogen-bond donors (Lipinski definition) is 2. The first-order chi connectivity index (χ1) is 11.9. The third-order valence-electron chi connectivity index (χ3n) is 3.78. The Morgan fingerprint density at radius 3 is 2.96 bits per heavy atom.